The number of benzene rings is 2. The predicted molar refractivity (Wildman–Crippen MR) is 166 cm³/mol. The molecule has 3 aromatic rings. The Hall–Kier alpha value is -3.74. The lowest BCUT2D eigenvalue weighted by Crippen LogP contribution is -2.58. The second-order valence-electron chi connectivity index (χ2n) is 12.3. The number of piperazine rings is 1. The van der Waals surface area contributed by atoms with E-state index in [4.69, 9.17) is 0 Å². The largest absolute Gasteiger partial charge is 0.417 e. The summed E-state index contributed by atoms with van der Waals surface area (Å²) in [6, 6.07) is 6.01. The molecule has 0 radical (unpaired) electrons. The molecule has 3 atom stereocenters. The average Bonchev–Trinajstić information content (AvgIpc) is 3.19. The summed E-state index contributed by atoms with van der Waals surface area (Å²) in [5, 5.41) is 0.113. The zero-order chi connectivity index (χ0) is 33.1. The first-order valence-corrected chi connectivity index (χ1v) is 16.0. The molecule has 0 N–H and O–H groups in total. The highest BCUT2D eigenvalue weighted by Crippen LogP contribution is 2.50. The first-order chi connectivity index (χ1) is 21.7. The van der Waals surface area contributed by atoms with E-state index in [1.54, 1.807) is 35.8 Å². The van der Waals surface area contributed by atoms with E-state index in [0.717, 1.165) is 17.8 Å². The van der Waals surface area contributed by atoms with Crippen molar-refractivity contribution in [3.05, 3.63) is 82.1 Å². The Morgan fingerprint density at radius 2 is 1.78 bits per heavy atom. The van der Waals surface area contributed by atoms with Crippen LogP contribution in [0.15, 0.2) is 58.8 Å². The van der Waals surface area contributed by atoms with Crippen molar-refractivity contribution in [1.29, 1.82) is 0 Å². The van der Waals surface area contributed by atoms with E-state index in [0.29, 0.717) is 5.56 Å². The molecular weight excluding hydrogens is 630 g/mol. The summed E-state index contributed by atoms with van der Waals surface area (Å²) in [5.74, 6) is -3.80. The first-order valence-electron chi connectivity index (χ1n) is 15.0. The Bertz CT molecular complexity index is 1790. The van der Waals surface area contributed by atoms with Gasteiger partial charge in [-0.15, -0.1) is 11.8 Å². The van der Waals surface area contributed by atoms with Crippen molar-refractivity contribution in [2.75, 3.05) is 23.7 Å². The number of rotatable bonds is 4. The number of hydrogen-bond donors (Lipinski definition) is 0. The van der Waals surface area contributed by atoms with Gasteiger partial charge in [-0.1, -0.05) is 24.8 Å². The van der Waals surface area contributed by atoms with E-state index in [1.165, 1.54) is 28.9 Å². The summed E-state index contributed by atoms with van der Waals surface area (Å²) >= 11 is 1.14. The van der Waals surface area contributed by atoms with E-state index < -0.39 is 42.0 Å². The van der Waals surface area contributed by atoms with Crippen LogP contribution in [0.5, 0.6) is 0 Å². The Morgan fingerprint density at radius 1 is 1.11 bits per heavy atom. The third kappa shape index (κ3) is 5.82. The van der Waals surface area contributed by atoms with Crippen LogP contribution in [0.25, 0.3) is 16.5 Å². The van der Waals surface area contributed by atoms with Gasteiger partial charge in [0, 0.05) is 72.1 Å². The first kappa shape index (κ1) is 32.2. The summed E-state index contributed by atoms with van der Waals surface area (Å²) in [4.78, 5) is 34.3. The molecule has 0 spiro atoms. The number of nitrogens with zero attached hydrogens (tertiary/aromatic N) is 4. The third-order valence-corrected chi connectivity index (χ3v) is 10.3. The van der Waals surface area contributed by atoms with Crippen LogP contribution in [0.2, 0.25) is 0 Å². The van der Waals surface area contributed by atoms with Gasteiger partial charge >= 0.3 is 11.9 Å². The van der Waals surface area contributed by atoms with Gasteiger partial charge in [0.15, 0.2) is 0 Å². The molecule has 3 aliphatic rings. The van der Waals surface area contributed by atoms with Gasteiger partial charge in [-0.25, -0.2) is 18.0 Å². The monoisotopic (exact) mass is 662 g/mol. The van der Waals surface area contributed by atoms with E-state index in [2.05, 4.69) is 11.6 Å². The van der Waals surface area contributed by atoms with Gasteiger partial charge in [0.25, 0.3) is 5.92 Å². The second-order valence-corrected chi connectivity index (χ2v) is 13.3. The number of halogens is 6. The number of carbonyl (C=O) groups is 1. The summed E-state index contributed by atoms with van der Waals surface area (Å²) < 4.78 is 88.4. The molecular formula is C33H32F6N4O2S. The highest BCUT2D eigenvalue weighted by molar-refractivity contribution is 7.99. The minimum Gasteiger partial charge on any atom is -0.352 e. The third-order valence-electron chi connectivity index (χ3n) is 9.05. The van der Waals surface area contributed by atoms with E-state index in [-0.39, 0.29) is 88.5 Å². The van der Waals surface area contributed by atoms with Gasteiger partial charge in [0.05, 0.1) is 11.1 Å². The highest BCUT2D eigenvalue weighted by Gasteiger charge is 2.41. The molecule has 0 saturated carbocycles. The Kier molecular flexibility index (Phi) is 8.27. The zero-order valence-corrected chi connectivity index (χ0v) is 26.0. The molecule has 0 unspecified atom stereocenters. The molecule has 13 heteroatoms. The van der Waals surface area contributed by atoms with Crippen molar-refractivity contribution in [3.8, 4) is 0 Å². The standard InChI is InChI=1S/C33H32F6N4O2S/c1-4-26(44)43-18(2)14-41(15-19(43)3)30-24-13-25(33(37,38)39)27(21-9-11-32(35,36)12-10-21)29-28(24)42(31(45)40-30)16-22(17-46-29)20-5-7-23(34)8-6-20/h4-9,13,18-19,22H,1,10-12,14-17H2,2-3H3/t18-,19+,22-/m1/s1. The molecule has 244 valence electrons. The molecule has 6 nitrogen and oxygen atoms in total. The van der Waals surface area contributed by atoms with Crippen molar-refractivity contribution in [2.45, 2.75) is 74.7 Å². The number of aromatic nitrogens is 2. The average molecular weight is 663 g/mol. The molecule has 0 bridgehead atoms. The maximum Gasteiger partial charge on any atom is 0.417 e. The summed E-state index contributed by atoms with van der Waals surface area (Å²) in [6.45, 7) is 7.67. The lowest BCUT2D eigenvalue weighted by atomic mass is 9.87. The number of alkyl halides is 5. The number of thioether (sulfide) groups is 1. The van der Waals surface area contributed by atoms with Gasteiger partial charge in [-0.3, -0.25) is 9.36 Å². The molecule has 1 fully saturated rings. The van der Waals surface area contributed by atoms with Crippen molar-refractivity contribution in [2.24, 2.45) is 0 Å². The molecule has 3 heterocycles. The smallest absolute Gasteiger partial charge is 0.352 e. The zero-order valence-electron chi connectivity index (χ0n) is 25.2. The van der Waals surface area contributed by atoms with Crippen LogP contribution < -0.4 is 10.6 Å². The molecule has 46 heavy (non-hydrogen) atoms. The van der Waals surface area contributed by atoms with E-state index >= 15 is 0 Å². The van der Waals surface area contributed by atoms with Crippen LogP contribution in [0.3, 0.4) is 0 Å². The molecule has 1 aliphatic carbocycles. The van der Waals surface area contributed by atoms with Crippen molar-refractivity contribution < 1.29 is 31.1 Å². The molecule has 1 saturated heterocycles. The minimum absolute atomic E-state index is 0.0731. The van der Waals surface area contributed by atoms with Crippen LogP contribution in [0.1, 0.15) is 55.7 Å². The number of amides is 1. The van der Waals surface area contributed by atoms with Crippen molar-refractivity contribution in [1.82, 2.24) is 14.5 Å². The number of anilines is 1. The highest BCUT2D eigenvalue weighted by atomic mass is 32.2. The van der Waals surface area contributed by atoms with Crippen LogP contribution in [0.4, 0.5) is 32.2 Å². The minimum atomic E-state index is -4.85. The lowest BCUT2D eigenvalue weighted by molar-refractivity contribution is -0.138. The SMILES string of the molecule is C=CC(=O)N1[C@H](C)CN(c2nc(=O)n3c4c(c(C5=CCC(F)(F)CC5)c(C(F)(F)F)cc24)SC[C@H](c2ccc(F)cc2)C3)C[C@@H]1C. The number of allylic oxidation sites excluding steroid dienone is 2. The van der Waals surface area contributed by atoms with Gasteiger partial charge in [0.2, 0.25) is 5.91 Å². The number of carbonyl (C=O) groups excluding carboxylic acids is 1. The van der Waals surface area contributed by atoms with E-state index in [1.807, 2.05) is 0 Å². The molecule has 2 aliphatic heterocycles. The van der Waals surface area contributed by atoms with E-state index in [9.17, 15) is 35.9 Å². The van der Waals surface area contributed by atoms with Crippen molar-refractivity contribution >= 4 is 40.0 Å². The molecule has 6 rings (SSSR count). The van der Waals surface area contributed by atoms with Gasteiger partial charge in [-0.05, 0) is 55.7 Å². The topological polar surface area (TPSA) is 58.4 Å². The Balaban J connectivity index is 1.60. The number of hydrogen-bond acceptors (Lipinski definition) is 5. The molecule has 2 aromatic carbocycles. The molecule has 1 amide bonds. The summed E-state index contributed by atoms with van der Waals surface area (Å²) in [7, 11) is 0. The maximum absolute atomic E-state index is 15.0. The fourth-order valence-corrected chi connectivity index (χ4v) is 8.34. The fourth-order valence-electron chi connectivity index (χ4n) is 6.94. The van der Waals surface area contributed by atoms with Crippen LogP contribution in [0, 0.1) is 5.82 Å². The fraction of sp³-hybridized carbons (Fsp3) is 0.424. The van der Waals surface area contributed by atoms with Gasteiger partial charge in [0.1, 0.15) is 11.6 Å². The van der Waals surface area contributed by atoms with Crippen LogP contribution in [-0.4, -0.2) is 57.2 Å². The van der Waals surface area contributed by atoms with Gasteiger partial charge in [-0.2, -0.15) is 18.2 Å². The Morgan fingerprint density at radius 3 is 2.37 bits per heavy atom. The predicted octanol–water partition coefficient (Wildman–Crippen LogP) is 7.26. The van der Waals surface area contributed by atoms with Crippen molar-refractivity contribution in [3.63, 3.8) is 0 Å². The lowest BCUT2D eigenvalue weighted by Gasteiger charge is -2.44. The summed E-state index contributed by atoms with van der Waals surface area (Å²) in [5.41, 5.74) is -0.707. The quantitative estimate of drug-likeness (QED) is 0.218. The van der Waals surface area contributed by atoms with Crippen LogP contribution >= 0.6 is 11.8 Å². The Labute approximate surface area is 265 Å². The summed E-state index contributed by atoms with van der Waals surface area (Å²) in [6.07, 6.45) is -3.98. The second kappa shape index (κ2) is 11.8. The maximum atomic E-state index is 15.0. The molecule has 1 aromatic heterocycles. The van der Waals surface area contributed by atoms with Crippen LogP contribution in [-0.2, 0) is 17.5 Å². The van der Waals surface area contributed by atoms with Gasteiger partial charge < -0.3 is 9.80 Å². The normalized spacial score (nSPS) is 23.2.